The highest BCUT2D eigenvalue weighted by atomic mass is 127. The van der Waals surface area contributed by atoms with E-state index in [0.717, 1.165) is 19.0 Å². The fraction of sp³-hybridized carbons (Fsp3) is 0.588. The third kappa shape index (κ3) is 8.69. The van der Waals surface area contributed by atoms with Gasteiger partial charge in [0.15, 0.2) is 5.96 Å². The van der Waals surface area contributed by atoms with E-state index in [1.807, 2.05) is 25.9 Å². The second kappa shape index (κ2) is 11.0. The smallest absolute Gasteiger partial charge is 0.191 e. The normalized spacial score (nSPS) is 11.7. The molecular weight excluding hydrogens is 419 g/mol. The van der Waals surface area contributed by atoms with Gasteiger partial charge in [0.2, 0.25) is 0 Å². The van der Waals surface area contributed by atoms with Crippen LogP contribution in [0.3, 0.4) is 0 Å². The summed E-state index contributed by atoms with van der Waals surface area (Å²) in [6.45, 7) is 8.98. The van der Waals surface area contributed by atoms with Gasteiger partial charge in [-0.15, -0.1) is 24.0 Å². The van der Waals surface area contributed by atoms with Crippen molar-refractivity contribution in [2.24, 2.45) is 4.99 Å². The average molecular weight is 450 g/mol. The predicted molar refractivity (Wildman–Crippen MR) is 117 cm³/mol. The second-order valence-corrected chi connectivity index (χ2v) is 7.59. The number of anilines is 1. The summed E-state index contributed by atoms with van der Waals surface area (Å²) in [5.41, 5.74) is 2.42. The van der Waals surface area contributed by atoms with Crippen LogP contribution in [0.4, 0.5) is 5.69 Å². The fourth-order valence-corrected chi connectivity index (χ4v) is 2.00. The highest BCUT2D eigenvalue weighted by Gasteiger charge is 2.15. The molecule has 1 aromatic rings. The van der Waals surface area contributed by atoms with Crippen LogP contribution in [0.25, 0.3) is 0 Å². The molecule has 0 heterocycles. The highest BCUT2D eigenvalue weighted by molar-refractivity contribution is 14.0. The molecule has 0 aliphatic carbocycles. The summed E-state index contributed by atoms with van der Waals surface area (Å²) in [6.07, 6.45) is 2.14. The van der Waals surface area contributed by atoms with Gasteiger partial charge in [-0.25, -0.2) is 4.99 Å². The minimum absolute atomic E-state index is 0. The first-order valence-electron chi connectivity index (χ1n) is 7.71. The van der Waals surface area contributed by atoms with Crippen LogP contribution in [0.15, 0.2) is 29.3 Å². The number of benzene rings is 1. The lowest BCUT2D eigenvalue weighted by molar-refractivity contribution is 0.665. The Morgan fingerprint density at radius 3 is 2.26 bits per heavy atom. The molecule has 0 aliphatic rings. The van der Waals surface area contributed by atoms with Crippen LogP contribution in [-0.4, -0.2) is 44.1 Å². The minimum atomic E-state index is 0. The molecular formula is C17H31IN4S. The quantitative estimate of drug-likeness (QED) is 0.379. The maximum Gasteiger partial charge on any atom is 0.191 e. The van der Waals surface area contributed by atoms with Crippen molar-refractivity contribution in [2.75, 3.05) is 38.3 Å². The first-order valence-corrected chi connectivity index (χ1v) is 8.94. The van der Waals surface area contributed by atoms with Crippen molar-refractivity contribution >= 4 is 47.4 Å². The van der Waals surface area contributed by atoms with E-state index in [1.165, 1.54) is 11.3 Å². The monoisotopic (exact) mass is 450 g/mol. The summed E-state index contributed by atoms with van der Waals surface area (Å²) in [4.78, 5) is 6.77. The van der Waals surface area contributed by atoms with E-state index in [2.05, 4.69) is 71.8 Å². The molecule has 2 N–H and O–H groups in total. The zero-order valence-electron chi connectivity index (χ0n) is 15.1. The van der Waals surface area contributed by atoms with E-state index in [1.54, 1.807) is 0 Å². The summed E-state index contributed by atoms with van der Waals surface area (Å²) in [5, 5.41) is 6.72. The van der Waals surface area contributed by atoms with E-state index >= 15 is 0 Å². The van der Waals surface area contributed by atoms with Crippen molar-refractivity contribution in [1.29, 1.82) is 0 Å². The molecule has 0 fully saturated rings. The van der Waals surface area contributed by atoms with E-state index in [0.29, 0.717) is 6.54 Å². The zero-order chi connectivity index (χ0) is 16.6. The Bertz CT molecular complexity index is 472. The molecule has 0 spiro atoms. The molecule has 1 rings (SSSR count). The third-order valence-electron chi connectivity index (χ3n) is 3.45. The second-order valence-electron chi connectivity index (χ2n) is 6.07. The lowest BCUT2D eigenvalue weighted by Gasteiger charge is -2.23. The Morgan fingerprint density at radius 2 is 1.78 bits per heavy atom. The van der Waals surface area contributed by atoms with Crippen molar-refractivity contribution in [3.8, 4) is 0 Å². The Kier molecular flexibility index (Phi) is 10.7. The van der Waals surface area contributed by atoms with Gasteiger partial charge in [-0.2, -0.15) is 11.8 Å². The van der Waals surface area contributed by atoms with E-state index < -0.39 is 0 Å². The first kappa shape index (κ1) is 22.4. The van der Waals surface area contributed by atoms with E-state index in [9.17, 15) is 0 Å². The number of nitrogens with one attached hydrogen (secondary N) is 2. The molecule has 0 saturated carbocycles. The molecule has 0 amide bonds. The number of guanidine groups is 1. The van der Waals surface area contributed by atoms with Crippen LogP contribution >= 0.6 is 35.7 Å². The van der Waals surface area contributed by atoms with E-state index in [4.69, 9.17) is 0 Å². The van der Waals surface area contributed by atoms with Crippen molar-refractivity contribution in [1.82, 2.24) is 10.6 Å². The zero-order valence-corrected chi connectivity index (χ0v) is 18.3. The number of nitrogens with zero attached hydrogens (tertiary/aromatic N) is 2. The Morgan fingerprint density at radius 1 is 1.17 bits per heavy atom. The predicted octanol–water partition coefficient (Wildman–Crippen LogP) is 3.57. The van der Waals surface area contributed by atoms with Gasteiger partial charge in [0, 0.05) is 37.6 Å². The molecule has 0 aromatic heterocycles. The molecule has 0 aliphatic heterocycles. The minimum Gasteiger partial charge on any atom is -0.378 e. The molecule has 4 nitrogen and oxygen atoms in total. The molecule has 0 saturated heterocycles. The molecule has 6 heteroatoms. The summed E-state index contributed by atoms with van der Waals surface area (Å²) in [7, 11) is 4.10. The molecule has 0 atom stereocenters. The topological polar surface area (TPSA) is 39.7 Å². The Balaban J connectivity index is 0.00000484. The van der Waals surface area contributed by atoms with Gasteiger partial charge in [-0.05, 0) is 44.7 Å². The number of aliphatic imine (C=N–C) groups is 1. The maximum absolute atomic E-state index is 4.67. The van der Waals surface area contributed by atoms with Crippen LogP contribution in [0.1, 0.15) is 26.3 Å². The fourth-order valence-electron chi connectivity index (χ4n) is 1.78. The number of hydrogen-bond donors (Lipinski definition) is 2. The number of thioether (sulfide) groups is 1. The molecule has 0 unspecified atom stereocenters. The molecule has 132 valence electrons. The van der Waals surface area contributed by atoms with Gasteiger partial charge in [0.25, 0.3) is 0 Å². The van der Waals surface area contributed by atoms with Crippen LogP contribution in [-0.2, 0) is 6.54 Å². The number of halogens is 1. The summed E-state index contributed by atoms with van der Waals surface area (Å²) in [5.74, 6) is 0.876. The van der Waals surface area contributed by atoms with Crippen molar-refractivity contribution in [3.63, 3.8) is 0 Å². The maximum atomic E-state index is 4.67. The van der Waals surface area contributed by atoms with Crippen LogP contribution in [0, 0.1) is 0 Å². The van der Waals surface area contributed by atoms with Crippen molar-refractivity contribution in [2.45, 2.75) is 32.1 Å². The molecule has 0 radical (unpaired) electrons. The Hall–Kier alpha value is -0.630. The number of hydrogen-bond acceptors (Lipinski definition) is 3. The SMILES string of the molecule is CCNC(=NCc1ccc(N(C)C)cc1)NCC(C)(C)SC.I. The summed E-state index contributed by atoms with van der Waals surface area (Å²) in [6, 6.07) is 8.52. The van der Waals surface area contributed by atoms with Crippen LogP contribution in [0.2, 0.25) is 0 Å². The summed E-state index contributed by atoms with van der Waals surface area (Å²) >= 11 is 1.86. The first-order chi connectivity index (χ1) is 10.4. The molecule has 23 heavy (non-hydrogen) atoms. The van der Waals surface area contributed by atoms with Crippen molar-refractivity contribution in [3.05, 3.63) is 29.8 Å². The van der Waals surface area contributed by atoms with Crippen molar-refractivity contribution < 1.29 is 0 Å². The van der Waals surface area contributed by atoms with Gasteiger partial charge in [-0.1, -0.05) is 12.1 Å². The molecule has 0 bridgehead atoms. The number of rotatable bonds is 7. The van der Waals surface area contributed by atoms with Gasteiger partial charge >= 0.3 is 0 Å². The summed E-state index contributed by atoms with van der Waals surface area (Å²) < 4.78 is 0.198. The van der Waals surface area contributed by atoms with Gasteiger partial charge in [0.05, 0.1) is 6.54 Å². The van der Waals surface area contributed by atoms with Crippen LogP contribution in [0.5, 0.6) is 0 Å². The largest absolute Gasteiger partial charge is 0.378 e. The van der Waals surface area contributed by atoms with Gasteiger partial charge < -0.3 is 15.5 Å². The van der Waals surface area contributed by atoms with Gasteiger partial charge in [0.1, 0.15) is 0 Å². The lowest BCUT2D eigenvalue weighted by Crippen LogP contribution is -2.43. The van der Waals surface area contributed by atoms with E-state index in [-0.39, 0.29) is 28.7 Å². The molecule has 1 aromatic carbocycles. The third-order valence-corrected chi connectivity index (χ3v) is 4.70. The van der Waals surface area contributed by atoms with Gasteiger partial charge in [-0.3, -0.25) is 0 Å². The standard InChI is InChI=1S/C17H30N4S.HI/c1-7-18-16(20-13-17(2,3)22-6)19-12-14-8-10-15(11-9-14)21(4)5;/h8-11H,7,12-13H2,1-6H3,(H2,18,19,20);1H. The van der Waals surface area contributed by atoms with Crippen LogP contribution < -0.4 is 15.5 Å². The lowest BCUT2D eigenvalue weighted by atomic mass is 10.2. The Labute approximate surface area is 162 Å². The average Bonchev–Trinajstić information content (AvgIpc) is 2.50. The highest BCUT2D eigenvalue weighted by Crippen LogP contribution is 2.19.